The summed E-state index contributed by atoms with van der Waals surface area (Å²) in [5, 5.41) is 3.53. The number of hydrogen-bond donors (Lipinski definition) is 2. The highest BCUT2D eigenvalue weighted by Crippen LogP contribution is 2.47. The van der Waals surface area contributed by atoms with Crippen LogP contribution in [-0.4, -0.2) is 0 Å². The van der Waals surface area contributed by atoms with Crippen molar-refractivity contribution in [1.29, 1.82) is 0 Å². The summed E-state index contributed by atoms with van der Waals surface area (Å²) in [6, 6.07) is 4.76. The summed E-state index contributed by atoms with van der Waals surface area (Å²) in [7, 11) is 0. The molecule has 21 heavy (non-hydrogen) atoms. The number of fused-ring (bicyclic) bond motifs is 1. The van der Waals surface area contributed by atoms with E-state index in [0.717, 1.165) is 10.6 Å². The van der Waals surface area contributed by atoms with Gasteiger partial charge < -0.3 is 5.32 Å². The van der Waals surface area contributed by atoms with Gasteiger partial charge in [-0.2, -0.15) is 0 Å². The predicted molar refractivity (Wildman–Crippen MR) is 97.4 cm³/mol. The molecule has 0 spiro atoms. The maximum absolute atomic E-state index is 4.43. The third-order valence-corrected chi connectivity index (χ3v) is 5.40. The second-order valence-electron chi connectivity index (χ2n) is 7.82. The first-order valence-corrected chi connectivity index (χ1v) is 8.28. The lowest BCUT2D eigenvalue weighted by Crippen LogP contribution is -2.34. The van der Waals surface area contributed by atoms with Crippen LogP contribution in [0.3, 0.4) is 0 Å². The summed E-state index contributed by atoms with van der Waals surface area (Å²) in [5.74, 6) is 0. The smallest absolute Gasteiger partial charge is 0.0414 e. The van der Waals surface area contributed by atoms with Gasteiger partial charge >= 0.3 is 0 Å². The largest absolute Gasteiger partial charge is 0.358 e. The maximum Gasteiger partial charge on any atom is 0.0414 e. The third-order valence-electron chi connectivity index (χ3n) is 5.06. The average Bonchev–Trinajstić information content (AvgIpc) is 2.36. The second-order valence-corrected chi connectivity index (χ2v) is 8.49. The molecule has 0 heterocycles. The maximum atomic E-state index is 4.43. The van der Waals surface area contributed by atoms with Crippen LogP contribution in [0.4, 0.5) is 5.69 Å². The molecule has 0 aromatic heterocycles. The fourth-order valence-electron chi connectivity index (χ4n) is 3.15. The Morgan fingerprint density at radius 1 is 1.00 bits per heavy atom. The van der Waals surface area contributed by atoms with Crippen molar-refractivity contribution in [2.24, 2.45) is 0 Å². The molecule has 0 aliphatic heterocycles. The van der Waals surface area contributed by atoms with Gasteiger partial charge in [-0.1, -0.05) is 33.8 Å². The Kier molecular flexibility index (Phi) is 4.23. The Morgan fingerprint density at radius 2 is 1.48 bits per heavy atom. The molecular weight excluding hydrogens is 274 g/mol. The van der Waals surface area contributed by atoms with E-state index in [1.165, 1.54) is 35.2 Å². The van der Waals surface area contributed by atoms with Crippen LogP contribution in [0.5, 0.6) is 0 Å². The number of aryl methyl sites for hydroxylation is 1. The molecule has 1 aliphatic rings. The van der Waals surface area contributed by atoms with Crippen molar-refractivity contribution in [3.63, 3.8) is 0 Å². The molecule has 0 bridgehead atoms. The van der Waals surface area contributed by atoms with E-state index in [0.29, 0.717) is 0 Å². The van der Waals surface area contributed by atoms with Crippen molar-refractivity contribution >= 4 is 18.3 Å². The molecule has 1 aliphatic carbocycles. The molecule has 1 N–H and O–H groups in total. The summed E-state index contributed by atoms with van der Waals surface area (Å²) < 4.78 is 0. The van der Waals surface area contributed by atoms with Gasteiger partial charge in [0.25, 0.3) is 0 Å². The molecule has 0 saturated carbocycles. The van der Waals surface area contributed by atoms with Gasteiger partial charge in [0, 0.05) is 11.4 Å². The SMILES string of the molecule is C/C(S)=C(/C)Nc1cc2c(cc1C)C(C)(C)CCC2(C)C. The minimum absolute atomic E-state index is 0.253. The number of benzene rings is 1. The lowest BCUT2D eigenvalue weighted by atomic mass is 9.63. The molecule has 2 heteroatoms. The van der Waals surface area contributed by atoms with E-state index >= 15 is 0 Å². The van der Waals surface area contributed by atoms with Gasteiger partial charge in [-0.25, -0.2) is 0 Å². The van der Waals surface area contributed by atoms with Crippen molar-refractivity contribution in [2.45, 2.75) is 72.1 Å². The Labute approximate surface area is 135 Å². The first-order chi connectivity index (χ1) is 9.54. The van der Waals surface area contributed by atoms with Gasteiger partial charge in [0.2, 0.25) is 0 Å². The molecule has 0 amide bonds. The van der Waals surface area contributed by atoms with Gasteiger partial charge in [-0.3, -0.25) is 0 Å². The van der Waals surface area contributed by atoms with Crippen LogP contribution in [0, 0.1) is 6.92 Å². The van der Waals surface area contributed by atoms with Gasteiger partial charge in [0.05, 0.1) is 0 Å². The number of anilines is 1. The molecule has 1 nitrogen and oxygen atoms in total. The molecule has 1 aromatic carbocycles. The Hall–Kier alpha value is -0.890. The monoisotopic (exact) mass is 303 g/mol. The van der Waals surface area contributed by atoms with E-state index in [4.69, 9.17) is 0 Å². The van der Waals surface area contributed by atoms with Crippen molar-refractivity contribution in [1.82, 2.24) is 0 Å². The minimum atomic E-state index is 0.253. The Balaban J connectivity index is 2.57. The van der Waals surface area contributed by atoms with E-state index in [2.05, 4.69) is 71.6 Å². The quantitative estimate of drug-likeness (QED) is 0.645. The fraction of sp³-hybridized carbons (Fsp3) is 0.579. The lowest BCUT2D eigenvalue weighted by molar-refractivity contribution is 0.332. The zero-order valence-electron chi connectivity index (χ0n) is 14.5. The second kappa shape index (κ2) is 5.39. The van der Waals surface area contributed by atoms with Crippen LogP contribution < -0.4 is 5.32 Å². The van der Waals surface area contributed by atoms with Crippen LogP contribution in [0.25, 0.3) is 0 Å². The van der Waals surface area contributed by atoms with Crippen LogP contribution in [0.2, 0.25) is 0 Å². The van der Waals surface area contributed by atoms with Gasteiger partial charge in [-0.15, -0.1) is 12.6 Å². The molecule has 0 saturated heterocycles. The van der Waals surface area contributed by atoms with Gasteiger partial charge in [0.1, 0.15) is 0 Å². The van der Waals surface area contributed by atoms with Crippen LogP contribution in [0.1, 0.15) is 71.1 Å². The van der Waals surface area contributed by atoms with Crippen LogP contribution in [-0.2, 0) is 10.8 Å². The summed E-state index contributed by atoms with van der Waals surface area (Å²) in [5.41, 5.74) is 7.19. The van der Waals surface area contributed by atoms with Gasteiger partial charge in [-0.05, 0) is 72.1 Å². The highest BCUT2D eigenvalue weighted by molar-refractivity contribution is 7.84. The number of allylic oxidation sites excluding steroid dienone is 2. The first-order valence-electron chi connectivity index (χ1n) is 7.84. The number of nitrogens with one attached hydrogen (secondary N) is 1. The van der Waals surface area contributed by atoms with Crippen molar-refractivity contribution < 1.29 is 0 Å². The molecule has 0 radical (unpaired) electrons. The molecule has 116 valence electrons. The predicted octanol–water partition coefficient (Wildman–Crippen LogP) is 5.94. The molecular formula is C19H29NS. The van der Waals surface area contributed by atoms with E-state index in [1.807, 2.05) is 6.92 Å². The zero-order chi connectivity index (χ0) is 16.0. The van der Waals surface area contributed by atoms with Crippen molar-refractivity contribution in [3.8, 4) is 0 Å². The topological polar surface area (TPSA) is 12.0 Å². The summed E-state index contributed by atoms with van der Waals surface area (Å²) in [6.07, 6.45) is 2.50. The lowest BCUT2D eigenvalue weighted by Gasteiger charge is -2.42. The molecule has 2 rings (SSSR count). The third kappa shape index (κ3) is 3.15. The molecule has 1 aromatic rings. The number of rotatable bonds is 2. The summed E-state index contributed by atoms with van der Waals surface area (Å²) >= 11 is 4.43. The molecule has 0 atom stereocenters. The summed E-state index contributed by atoms with van der Waals surface area (Å²) in [6.45, 7) is 15.8. The minimum Gasteiger partial charge on any atom is -0.358 e. The normalized spacial score (nSPS) is 20.6. The van der Waals surface area contributed by atoms with E-state index < -0.39 is 0 Å². The zero-order valence-corrected chi connectivity index (χ0v) is 15.4. The van der Waals surface area contributed by atoms with Crippen molar-refractivity contribution in [3.05, 3.63) is 39.4 Å². The van der Waals surface area contributed by atoms with Crippen LogP contribution >= 0.6 is 12.6 Å². The van der Waals surface area contributed by atoms with E-state index in [-0.39, 0.29) is 10.8 Å². The molecule has 0 fully saturated rings. The highest BCUT2D eigenvalue weighted by atomic mass is 32.1. The summed E-state index contributed by atoms with van der Waals surface area (Å²) in [4.78, 5) is 1.03. The Morgan fingerprint density at radius 3 is 1.95 bits per heavy atom. The average molecular weight is 304 g/mol. The van der Waals surface area contributed by atoms with E-state index in [1.54, 1.807) is 0 Å². The van der Waals surface area contributed by atoms with Gasteiger partial charge in [0.15, 0.2) is 0 Å². The Bertz CT molecular complexity index is 590. The molecule has 0 unspecified atom stereocenters. The van der Waals surface area contributed by atoms with Crippen LogP contribution in [0.15, 0.2) is 22.7 Å². The van der Waals surface area contributed by atoms with E-state index in [9.17, 15) is 0 Å². The van der Waals surface area contributed by atoms with Crippen molar-refractivity contribution in [2.75, 3.05) is 5.32 Å². The fourth-order valence-corrected chi connectivity index (χ4v) is 3.21. The number of hydrogen-bond acceptors (Lipinski definition) is 2. The highest BCUT2D eigenvalue weighted by Gasteiger charge is 2.37. The number of thiol groups is 1. The standard InChI is InChI=1S/C19H29NS/c1-12-10-15-16(11-17(12)20-13(2)14(3)21)19(6,7)9-8-18(15,4)5/h10-11,20-21H,8-9H2,1-7H3/b14-13+. The first kappa shape index (κ1) is 16.5.